The van der Waals surface area contributed by atoms with E-state index >= 15 is 0 Å². The normalized spacial score (nSPS) is 11.4. The first kappa shape index (κ1) is 16.2. The summed E-state index contributed by atoms with van der Waals surface area (Å²) in [6.07, 6.45) is 3.20. The van der Waals surface area contributed by atoms with Crippen molar-refractivity contribution in [3.8, 4) is 22.6 Å². The largest absolute Gasteiger partial charge is 0.451 e. The molecule has 0 bridgehead atoms. The van der Waals surface area contributed by atoms with Gasteiger partial charge in [0.25, 0.3) is 5.56 Å². The van der Waals surface area contributed by atoms with Crippen LogP contribution in [0.2, 0.25) is 0 Å². The van der Waals surface area contributed by atoms with E-state index in [1.165, 1.54) is 6.07 Å². The van der Waals surface area contributed by atoms with Crippen molar-refractivity contribution in [3.05, 3.63) is 70.8 Å². The standard InChI is InChI=1S/C19H11F2N5O2/c20-9-1-4-15(13(21)7-9)28-18-11(2-3-14-17(18)25-26-24-14)12-8-23-19(27)16-10(12)5-6-22-16/h1-8,22H,(H,23,27)(H,24,25,26). The van der Waals surface area contributed by atoms with E-state index in [2.05, 4.69) is 25.4 Å². The van der Waals surface area contributed by atoms with Gasteiger partial charge in [-0.05, 0) is 30.3 Å². The number of benzene rings is 2. The van der Waals surface area contributed by atoms with Crippen LogP contribution >= 0.6 is 0 Å². The number of pyridine rings is 1. The van der Waals surface area contributed by atoms with E-state index in [1.807, 2.05) is 0 Å². The predicted molar refractivity (Wildman–Crippen MR) is 98.2 cm³/mol. The van der Waals surface area contributed by atoms with Crippen LogP contribution in [-0.4, -0.2) is 25.4 Å². The van der Waals surface area contributed by atoms with Gasteiger partial charge in [-0.3, -0.25) is 4.79 Å². The van der Waals surface area contributed by atoms with E-state index in [4.69, 9.17) is 4.74 Å². The van der Waals surface area contributed by atoms with Crippen molar-refractivity contribution in [2.45, 2.75) is 0 Å². The Balaban J connectivity index is 1.78. The fourth-order valence-electron chi connectivity index (χ4n) is 3.16. The van der Waals surface area contributed by atoms with Crippen molar-refractivity contribution >= 4 is 21.9 Å². The molecule has 138 valence electrons. The fraction of sp³-hybridized carbons (Fsp3) is 0. The zero-order chi connectivity index (χ0) is 19.3. The number of H-pyrrole nitrogens is 3. The predicted octanol–water partition coefficient (Wildman–Crippen LogP) is 3.87. The Morgan fingerprint density at radius 1 is 0.964 bits per heavy atom. The summed E-state index contributed by atoms with van der Waals surface area (Å²) in [5, 5.41) is 11.3. The molecule has 0 aliphatic heterocycles. The number of ether oxygens (including phenoxy) is 1. The first-order valence-corrected chi connectivity index (χ1v) is 8.27. The zero-order valence-corrected chi connectivity index (χ0v) is 14.1. The molecule has 3 heterocycles. The molecule has 3 N–H and O–H groups in total. The molecule has 0 aliphatic carbocycles. The van der Waals surface area contributed by atoms with Crippen LogP contribution in [0.1, 0.15) is 0 Å². The second kappa shape index (κ2) is 6.02. The maximum absolute atomic E-state index is 14.2. The molecule has 0 fully saturated rings. The average Bonchev–Trinajstić information content (AvgIpc) is 3.34. The van der Waals surface area contributed by atoms with Crippen LogP contribution < -0.4 is 10.3 Å². The van der Waals surface area contributed by atoms with Crippen LogP contribution in [0.4, 0.5) is 8.78 Å². The van der Waals surface area contributed by atoms with Crippen LogP contribution in [0.25, 0.3) is 33.1 Å². The number of rotatable bonds is 3. The van der Waals surface area contributed by atoms with Gasteiger partial charge < -0.3 is 14.7 Å². The van der Waals surface area contributed by atoms with E-state index < -0.39 is 11.6 Å². The SMILES string of the molecule is O=c1[nH]cc(-c2ccc3n[nH]nc3c2Oc2ccc(F)cc2F)c2cc[nH]c12. The minimum atomic E-state index is -0.847. The van der Waals surface area contributed by atoms with Gasteiger partial charge >= 0.3 is 0 Å². The highest BCUT2D eigenvalue weighted by molar-refractivity contribution is 5.99. The van der Waals surface area contributed by atoms with Crippen molar-refractivity contribution < 1.29 is 13.5 Å². The van der Waals surface area contributed by atoms with Gasteiger partial charge in [-0.1, -0.05) is 0 Å². The molecular weight excluding hydrogens is 368 g/mol. The van der Waals surface area contributed by atoms with Crippen LogP contribution in [0.3, 0.4) is 0 Å². The van der Waals surface area contributed by atoms with Gasteiger partial charge in [-0.2, -0.15) is 15.4 Å². The smallest absolute Gasteiger partial charge is 0.272 e. The molecule has 5 rings (SSSR count). The zero-order valence-electron chi connectivity index (χ0n) is 14.1. The average molecular weight is 379 g/mol. The molecule has 7 nitrogen and oxygen atoms in total. The van der Waals surface area contributed by atoms with E-state index in [0.717, 1.165) is 12.1 Å². The maximum atomic E-state index is 14.2. The molecule has 0 atom stereocenters. The van der Waals surface area contributed by atoms with Crippen molar-refractivity contribution in [3.63, 3.8) is 0 Å². The minimum Gasteiger partial charge on any atom is -0.451 e. The number of hydrogen-bond donors (Lipinski definition) is 3. The molecule has 5 aromatic rings. The Bertz CT molecular complexity index is 1400. The lowest BCUT2D eigenvalue weighted by Crippen LogP contribution is -2.05. The monoisotopic (exact) mass is 379 g/mol. The lowest BCUT2D eigenvalue weighted by Gasteiger charge is -2.13. The molecule has 9 heteroatoms. The molecule has 2 aromatic carbocycles. The van der Waals surface area contributed by atoms with Crippen LogP contribution in [0, 0.1) is 11.6 Å². The lowest BCUT2D eigenvalue weighted by atomic mass is 10.0. The highest BCUT2D eigenvalue weighted by Crippen LogP contribution is 2.40. The Kier molecular flexibility index (Phi) is 3.48. The van der Waals surface area contributed by atoms with Crippen molar-refractivity contribution in [1.29, 1.82) is 0 Å². The molecule has 0 radical (unpaired) electrons. The minimum absolute atomic E-state index is 0.159. The van der Waals surface area contributed by atoms with Crippen molar-refractivity contribution in [2.24, 2.45) is 0 Å². The molecule has 0 amide bonds. The fourth-order valence-corrected chi connectivity index (χ4v) is 3.16. The van der Waals surface area contributed by atoms with E-state index in [9.17, 15) is 13.6 Å². The Labute approximate surface area is 155 Å². The Morgan fingerprint density at radius 2 is 1.86 bits per heavy atom. The molecule has 28 heavy (non-hydrogen) atoms. The number of aromatic nitrogens is 5. The summed E-state index contributed by atoms with van der Waals surface area (Å²) < 4.78 is 33.3. The first-order valence-electron chi connectivity index (χ1n) is 8.27. The van der Waals surface area contributed by atoms with E-state index in [0.29, 0.717) is 33.1 Å². The second-order valence-electron chi connectivity index (χ2n) is 6.11. The van der Waals surface area contributed by atoms with Gasteiger partial charge in [0.1, 0.15) is 16.9 Å². The van der Waals surface area contributed by atoms with Gasteiger partial charge in [0.15, 0.2) is 22.8 Å². The molecular formula is C19H11F2N5O2. The third kappa shape index (κ3) is 2.44. The summed E-state index contributed by atoms with van der Waals surface area (Å²) in [4.78, 5) is 17.6. The van der Waals surface area contributed by atoms with Crippen LogP contribution in [0.5, 0.6) is 11.5 Å². The third-order valence-corrected chi connectivity index (χ3v) is 4.45. The summed E-state index contributed by atoms with van der Waals surface area (Å²) in [5.74, 6) is -1.49. The van der Waals surface area contributed by atoms with E-state index in [-0.39, 0.29) is 17.1 Å². The molecule has 0 saturated carbocycles. The highest BCUT2D eigenvalue weighted by Gasteiger charge is 2.19. The molecule has 0 spiro atoms. The quantitative estimate of drug-likeness (QED) is 0.443. The van der Waals surface area contributed by atoms with Crippen molar-refractivity contribution in [2.75, 3.05) is 0 Å². The second-order valence-corrected chi connectivity index (χ2v) is 6.11. The summed E-state index contributed by atoms with van der Waals surface area (Å²) in [6, 6.07) is 8.27. The number of aromatic amines is 3. The Morgan fingerprint density at radius 3 is 2.71 bits per heavy atom. The number of halogens is 2. The van der Waals surface area contributed by atoms with Gasteiger partial charge in [0.2, 0.25) is 0 Å². The number of nitrogens with one attached hydrogen (secondary N) is 3. The third-order valence-electron chi connectivity index (χ3n) is 4.45. The molecule has 0 saturated heterocycles. The maximum Gasteiger partial charge on any atom is 0.272 e. The Hall–Kier alpha value is -4.01. The first-order chi connectivity index (χ1) is 13.6. The number of hydrogen-bond acceptors (Lipinski definition) is 4. The van der Waals surface area contributed by atoms with Gasteiger partial charge in [0.05, 0.1) is 0 Å². The topological polar surface area (TPSA) is 99.5 Å². The van der Waals surface area contributed by atoms with Gasteiger partial charge in [0, 0.05) is 35.0 Å². The molecule has 3 aromatic heterocycles. The van der Waals surface area contributed by atoms with E-state index in [1.54, 1.807) is 30.6 Å². The summed E-state index contributed by atoms with van der Waals surface area (Å²) in [5.41, 5.74) is 2.23. The summed E-state index contributed by atoms with van der Waals surface area (Å²) >= 11 is 0. The highest BCUT2D eigenvalue weighted by atomic mass is 19.1. The number of nitrogens with zero attached hydrogens (tertiary/aromatic N) is 2. The van der Waals surface area contributed by atoms with Gasteiger partial charge in [-0.25, -0.2) is 8.78 Å². The molecule has 0 aliphatic rings. The van der Waals surface area contributed by atoms with Crippen molar-refractivity contribution in [1.82, 2.24) is 25.4 Å². The summed E-state index contributed by atoms with van der Waals surface area (Å²) in [7, 11) is 0. The van der Waals surface area contributed by atoms with Crippen LogP contribution in [0.15, 0.2) is 53.6 Å². The molecule has 0 unspecified atom stereocenters. The van der Waals surface area contributed by atoms with Crippen LogP contribution in [-0.2, 0) is 0 Å². The summed E-state index contributed by atoms with van der Waals surface area (Å²) in [6.45, 7) is 0. The number of fused-ring (bicyclic) bond motifs is 2. The lowest BCUT2D eigenvalue weighted by molar-refractivity contribution is 0.442. The van der Waals surface area contributed by atoms with Gasteiger partial charge in [-0.15, -0.1) is 0 Å².